The summed E-state index contributed by atoms with van der Waals surface area (Å²) >= 11 is 0. The summed E-state index contributed by atoms with van der Waals surface area (Å²) in [6.45, 7) is 2.08. The van der Waals surface area contributed by atoms with Crippen LogP contribution in [0.15, 0.2) is 65.5 Å². The summed E-state index contributed by atoms with van der Waals surface area (Å²) in [5, 5.41) is 17.9. The molecule has 0 saturated carbocycles. The summed E-state index contributed by atoms with van der Waals surface area (Å²) < 4.78 is 1.04. The first-order chi connectivity index (χ1) is 13.4. The standard InChI is InChI=1S/C20H18N4O4/c1-14-5-7-15(8-6-14)12-21-19(25)13-23-20(26)10-9-18(22-23)16-3-2-4-17(11-16)24(27)28/h2-11H,12-13H2,1H3,(H,21,25). The Hall–Kier alpha value is -3.81. The van der Waals surface area contributed by atoms with Crippen molar-refractivity contribution in [2.75, 3.05) is 0 Å². The third-order valence-electron chi connectivity index (χ3n) is 4.12. The number of carbonyl (C=O) groups excluding carboxylic acids is 1. The van der Waals surface area contributed by atoms with Gasteiger partial charge < -0.3 is 5.32 Å². The average molecular weight is 378 g/mol. The van der Waals surface area contributed by atoms with Gasteiger partial charge in [0, 0.05) is 30.3 Å². The number of nitro groups is 1. The Kier molecular flexibility index (Phi) is 5.59. The molecule has 0 saturated heterocycles. The maximum Gasteiger partial charge on any atom is 0.270 e. The first-order valence-corrected chi connectivity index (χ1v) is 8.57. The molecule has 0 aliphatic rings. The molecule has 0 unspecified atom stereocenters. The third kappa shape index (κ3) is 4.67. The number of benzene rings is 2. The number of non-ortho nitro benzene ring substituents is 1. The second-order valence-corrected chi connectivity index (χ2v) is 6.28. The van der Waals surface area contributed by atoms with Crippen LogP contribution in [0.5, 0.6) is 0 Å². The number of amides is 1. The summed E-state index contributed by atoms with van der Waals surface area (Å²) in [6.07, 6.45) is 0. The van der Waals surface area contributed by atoms with E-state index in [1.807, 2.05) is 31.2 Å². The van der Waals surface area contributed by atoms with E-state index in [0.29, 0.717) is 17.8 Å². The Bertz CT molecular complexity index is 1070. The van der Waals surface area contributed by atoms with Gasteiger partial charge in [-0.25, -0.2) is 4.68 Å². The first-order valence-electron chi connectivity index (χ1n) is 8.57. The Balaban J connectivity index is 1.73. The lowest BCUT2D eigenvalue weighted by molar-refractivity contribution is -0.384. The Labute approximate surface area is 160 Å². The summed E-state index contributed by atoms with van der Waals surface area (Å²) in [6, 6.07) is 16.4. The Morgan fingerprint density at radius 2 is 1.89 bits per heavy atom. The lowest BCUT2D eigenvalue weighted by Gasteiger charge is -2.09. The van der Waals surface area contributed by atoms with Crippen LogP contribution in [-0.2, 0) is 17.9 Å². The molecular formula is C20H18N4O4. The van der Waals surface area contributed by atoms with E-state index < -0.39 is 10.5 Å². The van der Waals surface area contributed by atoms with E-state index in [4.69, 9.17) is 0 Å². The van der Waals surface area contributed by atoms with Crippen molar-refractivity contribution in [1.29, 1.82) is 0 Å². The van der Waals surface area contributed by atoms with Crippen LogP contribution < -0.4 is 10.9 Å². The number of hydrogen-bond acceptors (Lipinski definition) is 5. The number of nitrogens with one attached hydrogen (secondary N) is 1. The van der Waals surface area contributed by atoms with E-state index in [9.17, 15) is 19.7 Å². The molecule has 2 aromatic carbocycles. The lowest BCUT2D eigenvalue weighted by Crippen LogP contribution is -2.33. The van der Waals surface area contributed by atoms with Crippen LogP contribution in [0, 0.1) is 17.0 Å². The second kappa shape index (κ2) is 8.26. The quantitative estimate of drug-likeness (QED) is 0.524. The fraction of sp³-hybridized carbons (Fsp3) is 0.150. The van der Waals surface area contributed by atoms with Crippen LogP contribution in [0.2, 0.25) is 0 Å². The second-order valence-electron chi connectivity index (χ2n) is 6.28. The van der Waals surface area contributed by atoms with E-state index in [2.05, 4.69) is 10.4 Å². The molecule has 0 fully saturated rings. The van der Waals surface area contributed by atoms with Gasteiger partial charge in [0.05, 0.1) is 10.6 Å². The topological polar surface area (TPSA) is 107 Å². The Morgan fingerprint density at radius 3 is 2.61 bits per heavy atom. The van der Waals surface area contributed by atoms with Gasteiger partial charge in [0.2, 0.25) is 5.91 Å². The van der Waals surface area contributed by atoms with Gasteiger partial charge in [0.1, 0.15) is 6.54 Å². The van der Waals surface area contributed by atoms with Crippen molar-refractivity contribution in [2.24, 2.45) is 0 Å². The van der Waals surface area contributed by atoms with Gasteiger partial charge in [0.25, 0.3) is 11.2 Å². The van der Waals surface area contributed by atoms with Gasteiger partial charge in [-0.05, 0) is 18.6 Å². The molecule has 3 aromatic rings. The molecule has 1 N–H and O–H groups in total. The van der Waals surface area contributed by atoms with E-state index in [0.717, 1.165) is 15.8 Å². The summed E-state index contributed by atoms with van der Waals surface area (Å²) in [5.74, 6) is -0.355. The van der Waals surface area contributed by atoms with Crippen molar-refractivity contribution in [2.45, 2.75) is 20.0 Å². The SMILES string of the molecule is Cc1ccc(CNC(=O)Cn2nc(-c3cccc([N+](=O)[O-])c3)ccc2=O)cc1. The predicted molar refractivity (Wildman–Crippen MR) is 104 cm³/mol. The van der Waals surface area contributed by atoms with Crippen molar-refractivity contribution in [3.8, 4) is 11.3 Å². The summed E-state index contributed by atoms with van der Waals surface area (Å²) in [4.78, 5) is 34.7. The fourth-order valence-corrected chi connectivity index (χ4v) is 2.59. The van der Waals surface area contributed by atoms with Gasteiger partial charge >= 0.3 is 0 Å². The molecule has 28 heavy (non-hydrogen) atoms. The minimum Gasteiger partial charge on any atom is -0.350 e. The number of rotatable bonds is 6. The number of aryl methyl sites for hydroxylation is 1. The fourth-order valence-electron chi connectivity index (χ4n) is 2.59. The van der Waals surface area contributed by atoms with Crippen LogP contribution >= 0.6 is 0 Å². The number of hydrogen-bond donors (Lipinski definition) is 1. The molecule has 0 aliphatic heterocycles. The smallest absolute Gasteiger partial charge is 0.270 e. The van der Waals surface area contributed by atoms with Crippen LogP contribution in [0.4, 0.5) is 5.69 Å². The molecular weight excluding hydrogens is 360 g/mol. The highest BCUT2D eigenvalue weighted by atomic mass is 16.6. The van der Waals surface area contributed by atoms with Crippen molar-refractivity contribution in [3.05, 3.63) is 92.3 Å². The Morgan fingerprint density at radius 1 is 1.14 bits per heavy atom. The van der Waals surface area contributed by atoms with E-state index in [-0.39, 0.29) is 18.1 Å². The summed E-state index contributed by atoms with van der Waals surface area (Å²) in [5.41, 5.74) is 2.43. The zero-order valence-corrected chi connectivity index (χ0v) is 15.2. The molecule has 0 atom stereocenters. The highest BCUT2D eigenvalue weighted by Gasteiger charge is 2.11. The van der Waals surface area contributed by atoms with Gasteiger partial charge in [0.15, 0.2) is 0 Å². The number of nitrogens with zero attached hydrogens (tertiary/aromatic N) is 3. The van der Waals surface area contributed by atoms with Crippen molar-refractivity contribution < 1.29 is 9.72 Å². The molecule has 1 heterocycles. The zero-order chi connectivity index (χ0) is 20.1. The molecule has 8 heteroatoms. The maximum absolute atomic E-state index is 12.2. The lowest BCUT2D eigenvalue weighted by atomic mass is 10.1. The maximum atomic E-state index is 12.2. The summed E-state index contributed by atoms with van der Waals surface area (Å²) in [7, 11) is 0. The van der Waals surface area contributed by atoms with Gasteiger partial charge in [-0.3, -0.25) is 19.7 Å². The van der Waals surface area contributed by atoms with Gasteiger partial charge in [-0.1, -0.05) is 42.0 Å². The minimum absolute atomic E-state index is 0.0760. The molecule has 0 bridgehead atoms. The number of carbonyl (C=O) groups is 1. The first kappa shape index (κ1) is 19.0. The molecule has 8 nitrogen and oxygen atoms in total. The van der Waals surface area contributed by atoms with Crippen LogP contribution in [0.3, 0.4) is 0 Å². The van der Waals surface area contributed by atoms with Crippen LogP contribution in [0.25, 0.3) is 11.3 Å². The van der Waals surface area contributed by atoms with Crippen molar-refractivity contribution in [1.82, 2.24) is 15.1 Å². The molecule has 0 radical (unpaired) electrons. The monoisotopic (exact) mass is 378 g/mol. The van der Waals surface area contributed by atoms with Gasteiger partial charge in [-0.15, -0.1) is 0 Å². The molecule has 1 amide bonds. The molecule has 142 valence electrons. The van der Waals surface area contributed by atoms with E-state index >= 15 is 0 Å². The van der Waals surface area contributed by atoms with Crippen molar-refractivity contribution >= 4 is 11.6 Å². The average Bonchev–Trinajstić information content (AvgIpc) is 2.69. The van der Waals surface area contributed by atoms with E-state index in [1.54, 1.807) is 12.1 Å². The predicted octanol–water partition coefficient (Wildman–Crippen LogP) is 2.44. The third-order valence-corrected chi connectivity index (χ3v) is 4.12. The molecule has 0 spiro atoms. The molecule has 3 rings (SSSR count). The number of nitro benzene ring substituents is 1. The number of aromatic nitrogens is 2. The highest BCUT2D eigenvalue weighted by molar-refractivity contribution is 5.75. The zero-order valence-electron chi connectivity index (χ0n) is 15.2. The normalized spacial score (nSPS) is 10.5. The van der Waals surface area contributed by atoms with Crippen LogP contribution in [-0.4, -0.2) is 20.6 Å². The minimum atomic E-state index is -0.502. The van der Waals surface area contributed by atoms with Crippen molar-refractivity contribution in [3.63, 3.8) is 0 Å². The van der Waals surface area contributed by atoms with E-state index in [1.165, 1.54) is 24.3 Å². The van der Waals surface area contributed by atoms with Crippen LogP contribution in [0.1, 0.15) is 11.1 Å². The highest BCUT2D eigenvalue weighted by Crippen LogP contribution is 2.21. The largest absolute Gasteiger partial charge is 0.350 e. The van der Waals surface area contributed by atoms with Gasteiger partial charge in [-0.2, -0.15) is 5.10 Å². The molecule has 0 aliphatic carbocycles. The molecule has 1 aromatic heterocycles.